The van der Waals surface area contributed by atoms with Crippen molar-refractivity contribution in [3.8, 4) is 0 Å². The number of benzene rings is 2. The van der Waals surface area contributed by atoms with Gasteiger partial charge in [-0.2, -0.15) is 0 Å². The molecule has 1 heterocycles. The van der Waals surface area contributed by atoms with Crippen LogP contribution in [-0.2, 0) is 0 Å². The number of fused-ring (bicyclic) bond motifs is 1. The van der Waals surface area contributed by atoms with Crippen LogP contribution in [0.2, 0.25) is 0 Å². The van der Waals surface area contributed by atoms with E-state index >= 15 is 0 Å². The van der Waals surface area contributed by atoms with Gasteiger partial charge in [0.05, 0.1) is 21.9 Å². The van der Waals surface area contributed by atoms with E-state index in [0.29, 0.717) is 16.5 Å². The van der Waals surface area contributed by atoms with Gasteiger partial charge in [0.15, 0.2) is 0 Å². The zero-order valence-electron chi connectivity index (χ0n) is 14.4. The lowest BCUT2D eigenvalue weighted by Gasteiger charge is -2.09. The zero-order chi connectivity index (χ0) is 20.8. The Labute approximate surface area is 156 Å². The molecule has 2 amide bonds. The van der Waals surface area contributed by atoms with E-state index in [1.165, 1.54) is 30.3 Å². The largest absolute Gasteiger partial charge is 0.399 e. The number of nitrogen functional groups attached to an aromatic ring is 4. The molecular weight excluding hydrogens is 368 g/mol. The number of hydrazine groups is 2. The number of nitrogens with one attached hydrogen (secondary N) is 4. The minimum Gasteiger partial charge on any atom is -0.399 e. The van der Waals surface area contributed by atoms with Gasteiger partial charge in [-0.05, 0) is 30.3 Å². The molecule has 28 heavy (non-hydrogen) atoms. The number of hydrogen-bond acceptors (Lipinski definition) is 8. The first-order valence-electron chi connectivity index (χ1n) is 7.70. The number of carbonyl (C=O) groups is 2. The summed E-state index contributed by atoms with van der Waals surface area (Å²) in [6.07, 6.45) is 0. The van der Waals surface area contributed by atoms with Crippen molar-refractivity contribution in [3.05, 3.63) is 68.2 Å². The summed E-state index contributed by atoms with van der Waals surface area (Å²) in [5.74, 6) is 8.67. The number of rotatable bonds is 2. The molecule has 12 N–H and O–H groups in total. The van der Waals surface area contributed by atoms with Gasteiger partial charge < -0.3 is 11.5 Å². The summed E-state index contributed by atoms with van der Waals surface area (Å²) in [6.45, 7) is 0. The Morgan fingerprint density at radius 1 is 0.821 bits per heavy atom. The molecule has 0 saturated carbocycles. The molecular formula is C16H18N8O4. The maximum Gasteiger partial charge on any atom is 0.270 e. The van der Waals surface area contributed by atoms with Crippen molar-refractivity contribution in [1.29, 1.82) is 0 Å². The highest BCUT2D eigenvalue weighted by Crippen LogP contribution is 2.16. The molecule has 3 aromatic rings. The lowest BCUT2D eigenvalue weighted by molar-refractivity contribution is 0.0920. The highest BCUT2D eigenvalue weighted by molar-refractivity contribution is 6.10. The Balaban J connectivity index is 0.000000202. The predicted octanol–water partition coefficient (Wildman–Crippen LogP) is -1.73. The molecule has 0 atom stereocenters. The second-order valence-electron chi connectivity index (χ2n) is 5.43. The van der Waals surface area contributed by atoms with Crippen molar-refractivity contribution in [2.45, 2.75) is 0 Å². The Morgan fingerprint density at radius 3 is 2.04 bits per heavy atom. The molecule has 0 aliphatic carbocycles. The molecule has 12 nitrogen and oxygen atoms in total. The molecule has 1 aromatic heterocycles. The molecule has 0 aliphatic rings. The van der Waals surface area contributed by atoms with Gasteiger partial charge in [-0.15, -0.1) is 0 Å². The molecule has 12 heteroatoms. The molecule has 0 bridgehead atoms. The Morgan fingerprint density at radius 2 is 1.43 bits per heavy atom. The normalized spacial score (nSPS) is 9.93. The Bertz CT molecular complexity index is 1150. The Kier molecular flexibility index (Phi) is 6.11. The van der Waals surface area contributed by atoms with E-state index in [2.05, 4.69) is 10.2 Å². The third-order valence-corrected chi connectivity index (χ3v) is 3.65. The summed E-state index contributed by atoms with van der Waals surface area (Å²) in [5, 5.41) is 5.10. The number of aromatic nitrogens is 2. The summed E-state index contributed by atoms with van der Waals surface area (Å²) in [6, 6.07) is 9.02. The van der Waals surface area contributed by atoms with Gasteiger partial charge in [0.25, 0.3) is 22.9 Å². The van der Waals surface area contributed by atoms with E-state index in [1.54, 1.807) is 6.07 Å². The SMILES string of the molecule is NNC(=O)c1cccc(N)c1C(=O)NN.Nc1ccc2c(=O)[nH][nH]c(=O)c2c1. The topological polar surface area (TPSA) is 228 Å². The molecule has 0 unspecified atom stereocenters. The number of hydrogen-bond donors (Lipinski definition) is 8. The van der Waals surface area contributed by atoms with E-state index < -0.39 is 11.8 Å². The van der Waals surface area contributed by atoms with Gasteiger partial charge >= 0.3 is 0 Å². The minimum absolute atomic E-state index is 0.00273. The summed E-state index contributed by atoms with van der Waals surface area (Å²) in [4.78, 5) is 45.0. The van der Waals surface area contributed by atoms with E-state index in [9.17, 15) is 19.2 Å². The summed E-state index contributed by atoms with van der Waals surface area (Å²) >= 11 is 0. The average Bonchev–Trinajstić information content (AvgIpc) is 2.70. The number of nitrogens with two attached hydrogens (primary N) is 4. The number of H-pyrrole nitrogens is 2. The molecule has 2 aromatic carbocycles. The van der Waals surface area contributed by atoms with Crippen LogP contribution in [0.3, 0.4) is 0 Å². The number of anilines is 2. The van der Waals surface area contributed by atoms with Crippen molar-refractivity contribution < 1.29 is 9.59 Å². The van der Waals surface area contributed by atoms with Gasteiger partial charge in [0.1, 0.15) is 0 Å². The van der Waals surface area contributed by atoms with Crippen molar-refractivity contribution >= 4 is 34.0 Å². The van der Waals surface area contributed by atoms with Crippen molar-refractivity contribution in [3.63, 3.8) is 0 Å². The lowest BCUT2D eigenvalue weighted by Crippen LogP contribution is -2.35. The predicted molar refractivity (Wildman–Crippen MR) is 104 cm³/mol. The second kappa shape index (κ2) is 8.48. The third-order valence-electron chi connectivity index (χ3n) is 3.65. The van der Waals surface area contributed by atoms with Crippen LogP contribution in [-0.4, -0.2) is 22.0 Å². The number of carbonyl (C=O) groups excluding carboxylic acids is 2. The highest BCUT2D eigenvalue weighted by Gasteiger charge is 2.18. The molecule has 146 valence electrons. The van der Waals surface area contributed by atoms with E-state index in [4.69, 9.17) is 23.2 Å². The van der Waals surface area contributed by atoms with Crippen molar-refractivity contribution in [2.24, 2.45) is 11.7 Å². The van der Waals surface area contributed by atoms with Crippen LogP contribution in [0.5, 0.6) is 0 Å². The smallest absolute Gasteiger partial charge is 0.270 e. The third kappa shape index (κ3) is 4.14. The van der Waals surface area contributed by atoms with Crippen LogP contribution in [0.4, 0.5) is 11.4 Å². The fourth-order valence-electron chi connectivity index (χ4n) is 2.36. The van der Waals surface area contributed by atoms with E-state index in [-0.39, 0.29) is 27.9 Å². The maximum absolute atomic E-state index is 11.3. The minimum atomic E-state index is -0.647. The fourth-order valence-corrected chi connectivity index (χ4v) is 2.36. The summed E-state index contributed by atoms with van der Waals surface area (Å²) in [7, 11) is 0. The number of amides is 2. The lowest BCUT2D eigenvalue weighted by atomic mass is 10.0. The first-order valence-corrected chi connectivity index (χ1v) is 7.70. The van der Waals surface area contributed by atoms with Crippen LogP contribution in [0, 0.1) is 0 Å². The van der Waals surface area contributed by atoms with Crippen LogP contribution >= 0.6 is 0 Å². The van der Waals surface area contributed by atoms with Gasteiger partial charge in [-0.25, -0.2) is 11.7 Å². The van der Waals surface area contributed by atoms with Gasteiger partial charge in [-0.1, -0.05) is 6.07 Å². The van der Waals surface area contributed by atoms with Crippen molar-refractivity contribution in [2.75, 3.05) is 11.5 Å². The fraction of sp³-hybridized carbons (Fsp3) is 0. The second-order valence-corrected chi connectivity index (χ2v) is 5.43. The standard InChI is InChI=1S/C8H11N5O2.C8H7N3O2/c9-5-3-1-2-4(7(14)12-10)6(5)8(15)13-11;9-4-1-2-5-6(3-4)8(13)11-10-7(5)12/h1-3H,9-11H2,(H,12,14)(H,13,15);1-3H,9H2,(H,10,12)(H,11,13). The summed E-state index contributed by atoms with van der Waals surface area (Å²) in [5.41, 5.74) is 14.9. The van der Waals surface area contributed by atoms with Crippen molar-refractivity contribution in [1.82, 2.24) is 21.0 Å². The monoisotopic (exact) mass is 386 g/mol. The van der Waals surface area contributed by atoms with E-state index in [0.717, 1.165) is 0 Å². The van der Waals surface area contributed by atoms with Gasteiger partial charge in [0, 0.05) is 11.4 Å². The number of aromatic amines is 2. The highest BCUT2D eigenvalue weighted by atomic mass is 16.2. The molecule has 0 saturated heterocycles. The maximum atomic E-state index is 11.3. The Hall–Kier alpha value is -4.16. The van der Waals surface area contributed by atoms with Gasteiger partial charge in [-0.3, -0.25) is 40.2 Å². The molecule has 0 spiro atoms. The van der Waals surface area contributed by atoms with Crippen LogP contribution in [0.15, 0.2) is 46.0 Å². The zero-order valence-corrected chi connectivity index (χ0v) is 14.4. The van der Waals surface area contributed by atoms with Gasteiger partial charge in [0.2, 0.25) is 0 Å². The van der Waals surface area contributed by atoms with Crippen LogP contribution in [0.25, 0.3) is 10.8 Å². The van der Waals surface area contributed by atoms with E-state index in [1.807, 2.05) is 10.9 Å². The van der Waals surface area contributed by atoms with Crippen LogP contribution < -0.4 is 45.1 Å². The first-order chi connectivity index (χ1) is 13.3. The average molecular weight is 386 g/mol. The quantitative estimate of drug-likeness (QED) is 0.109. The molecule has 3 rings (SSSR count). The first kappa shape index (κ1) is 20.2. The summed E-state index contributed by atoms with van der Waals surface area (Å²) < 4.78 is 0. The van der Waals surface area contributed by atoms with Crippen LogP contribution in [0.1, 0.15) is 20.7 Å². The molecule has 0 aliphatic heterocycles. The molecule has 0 radical (unpaired) electrons. The molecule has 0 fully saturated rings.